The predicted octanol–water partition coefficient (Wildman–Crippen LogP) is 1.80. The van der Waals surface area contributed by atoms with Crippen molar-refractivity contribution in [3.05, 3.63) is 33.8 Å². The van der Waals surface area contributed by atoms with Gasteiger partial charge in [0.15, 0.2) is 11.6 Å². The summed E-state index contributed by atoms with van der Waals surface area (Å²) in [5.41, 5.74) is 1.93. The van der Waals surface area contributed by atoms with E-state index in [0.717, 1.165) is 17.2 Å². The van der Waals surface area contributed by atoms with Gasteiger partial charge in [0.25, 0.3) is 5.78 Å². The van der Waals surface area contributed by atoms with Crippen LogP contribution < -0.4 is 0 Å². The fourth-order valence-electron chi connectivity index (χ4n) is 1.91. The lowest BCUT2D eigenvalue weighted by atomic mass is 10.4. The smallest absolute Gasteiger partial charge is 0.248 e. The van der Waals surface area contributed by atoms with Crippen LogP contribution in [0.25, 0.3) is 17.9 Å². The molecule has 3 aromatic heterocycles. The number of aryl methyl sites for hydroxylation is 3. The third-order valence-electron chi connectivity index (χ3n) is 2.79. The van der Waals surface area contributed by atoms with Gasteiger partial charge in [0, 0.05) is 18.4 Å². The van der Waals surface area contributed by atoms with E-state index in [4.69, 9.17) is 0 Å². The monoisotopic (exact) mass is 333 g/mol. The van der Waals surface area contributed by atoms with E-state index < -0.39 is 0 Å². The van der Waals surface area contributed by atoms with Crippen LogP contribution in [0.3, 0.4) is 0 Å². The van der Waals surface area contributed by atoms with Gasteiger partial charge < -0.3 is 0 Å². The van der Waals surface area contributed by atoms with Gasteiger partial charge in [-0.1, -0.05) is 0 Å². The standard InChI is InChI=1S/C12H12BrN7/c1-7-6-8(2)20-12(14-7)15-9(17-20)4-5-10-16-11(13)18-19(10)3/h4-6H,1-3H3/b5-4+. The Bertz CT molecular complexity index is 815. The molecule has 0 spiro atoms. The maximum absolute atomic E-state index is 4.39. The van der Waals surface area contributed by atoms with Crippen LogP contribution in [0.1, 0.15) is 23.0 Å². The normalized spacial score (nSPS) is 11.8. The van der Waals surface area contributed by atoms with Crippen molar-refractivity contribution >= 4 is 33.9 Å². The molecule has 0 fully saturated rings. The minimum absolute atomic E-state index is 0.552. The summed E-state index contributed by atoms with van der Waals surface area (Å²) in [5, 5.41) is 8.50. The Labute approximate surface area is 123 Å². The summed E-state index contributed by atoms with van der Waals surface area (Å²) in [6.07, 6.45) is 3.61. The average Bonchev–Trinajstić information content (AvgIpc) is 2.90. The van der Waals surface area contributed by atoms with Gasteiger partial charge >= 0.3 is 0 Å². The van der Waals surface area contributed by atoms with Crippen molar-refractivity contribution in [2.45, 2.75) is 13.8 Å². The Morgan fingerprint density at radius 1 is 1.10 bits per heavy atom. The second kappa shape index (κ2) is 4.78. The van der Waals surface area contributed by atoms with E-state index in [1.165, 1.54) is 0 Å². The third-order valence-corrected chi connectivity index (χ3v) is 3.12. The molecule has 102 valence electrons. The van der Waals surface area contributed by atoms with Crippen LogP contribution in [0.5, 0.6) is 0 Å². The fraction of sp³-hybridized carbons (Fsp3) is 0.250. The molecule has 0 saturated carbocycles. The lowest BCUT2D eigenvalue weighted by molar-refractivity contribution is 0.751. The molecule has 0 aromatic carbocycles. The van der Waals surface area contributed by atoms with Crippen molar-refractivity contribution in [3.8, 4) is 0 Å². The molecule has 0 aliphatic heterocycles. The predicted molar refractivity (Wildman–Crippen MR) is 77.9 cm³/mol. The van der Waals surface area contributed by atoms with Crippen molar-refractivity contribution in [3.63, 3.8) is 0 Å². The number of aromatic nitrogens is 7. The quantitative estimate of drug-likeness (QED) is 0.714. The first-order valence-corrected chi connectivity index (χ1v) is 6.78. The first kappa shape index (κ1) is 12.9. The van der Waals surface area contributed by atoms with Gasteiger partial charge in [-0.25, -0.2) is 19.2 Å². The molecule has 0 aliphatic carbocycles. The summed E-state index contributed by atoms with van der Waals surface area (Å²) in [6.45, 7) is 3.91. The summed E-state index contributed by atoms with van der Waals surface area (Å²) >= 11 is 3.23. The highest BCUT2D eigenvalue weighted by Crippen LogP contribution is 2.09. The Balaban J connectivity index is 1.99. The minimum atomic E-state index is 0.552. The summed E-state index contributed by atoms with van der Waals surface area (Å²) in [6, 6.07) is 1.97. The number of hydrogen-bond donors (Lipinski definition) is 0. The zero-order valence-corrected chi connectivity index (χ0v) is 12.8. The molecule has 0 atom stereocenters. The SMILES string of the molecule is Cc1cc(C)n2nc(/C=C/c3nc(Br)nn3C)nc2n1. The molecule has 3 heterocycles. The Kier molecular flexibility index (Phi) is 3.09. The van der Waals surface area contributed by atoms with Crippen LogP contribution in [0.4, 0.5) is 0 Å². The van der Waals surface area contributed by atoms with E-state index >= 15 is 0 Å². The Morgan fingerprint density at radius 3 is 2.60 bits per heavy atom. The van der Waals surface area contributed by atoms with Gasteiger partial charge in [-0.3, -0.25) is 0 Å². The van der Waals surface area contributed by atoms with Crippen molar-refractivity contribution < 1.29 is 0 Å². The molecule has 20 heavy (non-hydrogen) atoms. The van der Waals surface area contributed by atoms with Gasteiger partial charge in [0.1, 0.15) is 0 Å². The summed E-state index contributed by atoms with van der Waals surface area (Å²) in [4.78, 5) is 12.9. The van der Waals surface area contributed by atoms with E-state index in [0.29, 0.717) is 16.3 Å². The minimum Gasteiger partial charge on any atom is -0.248 e. The van der Waals surface area contributed by atoms with Crippen LogP contribution >= 0.6 is 15.9 Å². The van der Waals surface area contributed by atoms with E-state index in [1.54, 1.807) is 15.3 Å². The fourth-order valence-corrected chi connectivity index (χ4v) is 2.33. The van der Waals surface area contributed by atoms with E-state index in [2.05, 4.69) is 41.1 Å². The number of fused-ring (bicyclic) bond motifs is 1. The largest absolute Gasteiger partial charge is 0.253 e. The Morgan fingerprint density at radius 2 is 1.90 bits per heavy atom. The third kappa shape index (κ3) is 2.34. The molecule has 0 N–H and O–H groups in total. The summed E-state index contributed by atoms with van der Waals surface area (Å²) in [7, 11) is 1.82. The Hall–Kier alpha value is -2.09. The van der Waals surface area contributed by atoms with Crippen LogP contribution in [-0.4, -0.2) is 34.3 Å². The molecule has 0 bridgehead atoms. The maximum Gasteiger partial charge on any atom is 0.253 e. The van der Waals surface area contributed by atoms with Gasteiger partial charge in [0.05, 0.1) is 0 Å². The molecular formula is C12H12BrN7. The molecule has 0 amide bonds. The van der Waals surface area contributed by atoms with Crippen molar-refractivity contribution in [2.75, 3.05) is 0 Å². The highest BCUT2D eigenvalue weighted by Gasteiger charge is 2.06. The molecule has 3 aromatic rings. The topological polar surface area (TPSA) is 73.8 Å². The van der Waals surface area contributed by atoms with Crippen LogP contribution in [0.2, 0.25) is 0 Å². The molecule has 0 unspecified atom stereocenters. The molecule has 3 rings (SSSR count). The second-order valence-electron chi connectivity index (χ2n) is 4.42. The van der Waals surface area contributed by atoms with Gasteiger partial charge in [-0.15, -0.1) is 10.2 Å². The molecular weight excluding hydrogens is 322 g/mol. The van der Waals surface area contributed by atoms with Crippen LogP contribution in [-0.2, 0) is 7.05 Å². The van der Waals surface area contributed by atoms with Crippen LogP contribution in [0.15, 0.2) is 10.8 Å². The number of rotatable bonds is 2. The zero-order chi connectivity index (χ0) is 14.3. The van der Waals surface area contributed by atoms with Crippen molar-refractivity contribution in [2.24, 2.45) is 7.05 Å². The van der Waals surface area contributed by atoms with Gasteiger partial charge in [-0.05, 0) is 48.0 Å². The lowest BCUT2D eigenvalue weighted by Crippen LogP contribution is -1.97. The number of hydrogen-bond acceptors (Lipinski definition) is 5. The molecule has 0 radical (unpaired) electrons. The summed E-state index contributed by atoms with van der Waals surface area (Å²) in [5.74, 6) is 1.91. The second-order valence-corrected chi connectivity index (χ2v) is 5.13. The lowest BCUT2D eigenvalue weighted by Gasteiger charge is -1.97. The van der Waals surface area contributed by atoms with Gasteiger partial charge in [-0.2, -0.15) is 4.98 Å². The zero-order valence-electron chi connectivity index (χ0n) is 11.2. The molecule has 0 aliphatic rings. The maximum atomic E-state index is 4.39. The number of halogens is 1. The first-order valence-electron chi connectivity index (χ1n) is 5.98. The van der Waals surface area contributed by atoms with Crippen molar-refractivity contribution in [1.82, 2.24) is 34.3 Å². The molecule has 8 heteroatoms. The highest BCUT2D eigenvalue weighted by molar-refractivity contribution is 9.10. The average molecular weight is 334 g/mol. The van der Waals surface area contributed by atoms with E-state index in [-0.39, 0.29) is 0 Å². The van der Waals surface area contributed by atoms with Crippen LogP contribution in [0, 0.1) is 13.8 Å². The van der Waals surface area contributed by atoms with E-state index in [1.807, 2.05) is 33.0 Å². The highest BCUT2D eigenvalue weighted by atomic mass is 79.9. The van der Waals surface area contributed by atoms with E-state index in [9.17, 15) is 0 Å². The van der Waals surface area contributed by atoms with Gasteiger partial charge in [0.2, 0.25) is 4.73 Å². The first-order chi connectivity index (χ1) is 9.52. The molecule has 7 nitrogen and oxygen atoms in total. The van der Waals surface area contributed by atoms with Crippen molar-refractivity contribution in [1.29, 1.82) is 0 Å². The molecule has 0 saturated heterocycles. The number of nitrogens with zero attached hydrogens (tertiary/aromatic N) is 7. The summed E-state index contributed by atoms with van der Waals surface area (Å²) < 4.78 is 3.94.